The van der Waals surface area contributed by atoms with E-state index >= 15 is 0 Å². The lowest BCUT2D eigenvalue weighted by Gasteiger charge is -2.06. The molecule has 0 aromatic heterocycles. The van der Waals surface area contributed by atoms with Crippen molar-refractivity contribution in [3.8, 4) is 0 Å². The molecule has 0 aliphatic heterocycles. The van der Waals surface area contributed by atoms with E-state index in [1.54, 1.807) is 18.2 Å². The molecular weight excluding hydrogens is 288 g/mol. The van der Waals surface area contributed by atoms with Gasteiger partial charge in [-0.2, -0.15) is 0 Å². The van der Waals surface area contributed by atoms with E-state index in [9.17, 15) is 9.18 Å². The number of carbonyl (C=O) groups is 1. The highest BCUT2D eigenvalue weighted by atomic mass is 35.5. The van der Waals surface area contributed by atoms with Crippen molar-refractivity contribution in [2.24, 2.45) is 0 Å². The zero-order valence-corrected chi connectivity index (χ0v) is 11.3. The van der Waals surface area contributed by atoms with Crippen molar-refractivity contribution in [1.82, 2.24) is 5.32 Å². The normalized spacial score (nSPS) is 10.3. The number of benzene rings is 2. The van der Waals surface area contributed by atoms with E-state index in [1.807, 2.05) is 0 Å². The minimum Gasteiger partial charge on any atom is -0.348 e. The van der Waals surface area contributed by atoms with Crippen LogP contribution in [0.15, 0.2) is 42.5 Å². The van der Waals surface area contributed by atoms with Crippen molar-refractivity contribution < 1.29 is 9.18 Å². The summed E-state index contributed by atoms with van der Waals surface area (Å²) in [5.41, 5.74) is 1.24. The molecule has 0 heterocycles. The highest BCUT2D eigenvalue weighted by molar-refractivity contribution is 6.42. The van der Waals surface area contributed by atoms with Gasteiger partial charge in [0, 0.05) is 12.1 Å². The summed E-state index contributed by atoms with van der Waals surface area (Å²) in [7, 11) is 0. The second kappa shape index (κ2) is 6.04. The molecule has 5 heteroatoms. The molecule has 2 nitrogen and oxygen atoms in total. The Labute approximate surface area is 120 Å². The Morgan fingerprint density at radius 3 is 2.37 bits per heavy atom. The van der Waals surface area contributed by atoms with Gasteiger partial charge in [-0.25, -0.2) is 4.39 Å². The Bertz CT molecular complexity index is 599. The van der Waals surface area contributed by atoms with Crippen LogP contribution in [0.3, 0.4) is 0 Å². The molecule has 0 saturated carbocycles. The summed E-state index contributed by atoms with van der Waals surface area (Å²) < 4.78 is 12.7. The Morgan fingerprint density at radius 2 is 1.74 bits per heavy atom. The Balaban J connectivity index is 2.00. The summed E-state index contributed by atoms with van der Waals surface area (Å²) in [5, 5.41) is 3.63. The lowest BCUT2D eigenvalue weighted by atomic mass is 10.2. The van der Waals surface area contributed by atoms with Gasteiger partial charge in [0.1, 0.15) is 5.82 Å². The SMILES string of the molecule is O=C(NCc1ccc(Cl)c(Cl)c1)c1ccc(F)cc1. The van der Waals surface area contributed by atoms with Gasteiger partial charge in [-0.1, -0.05) is 29.3 Å². The Hall–Kier alpha value is -1.58. The van der Waals surface area contributed by atoms with E-state index in [0.29, 0.717) is 22.2 Å². The van der Waals surface area contributed by atoms with Gasteiger partial charge in [-0.15, -0.1) is 0 Å². The summed E-state index contributed by atoms with van der Waals surface area (Å²) >= 11 is 11.7. The third-order valence-corrected chi connectivity index (χ3v) is 3.28. The van der Waals surface area contributed by atoms with Gasteiger partial charge in [0.05, 0.1) is 10.0 Å². The van der Waals surface area contributed by atoms with Gasteiger partial charge in [-0.3, -0.25) is 4.79 Å². The minimum absolute atomic E-state index is 0.272. The monoisotopic (exact) mass is 297 g/mol. The lowest BCUT2D eigenvalue weighted by Crippen LogP contribution is -2.22. The molecule has 2 aromatic carbocycles. The Morgan fingerprint density at radius 1 is 1.05 bits per heavy atom. The van der Waals surface area contributed by atoms with E-state index in [4.69, 9.17) is 23.2 Å². The third kappa shape index (κ3) is 3.69. The number of hydrogen-bond acceptors (Lipinski definition) is 1. The topological polar surface area (TPSA) is 29.1 Å². The van der Waals surface area contributed by atoms with E-state index in [2.05, 4.69) is 5.32 Å². The number of amides is 1. The highest BCUT2D eigenvalue weighted by Gasteiger charge is 2.06. The fraction of sp³-hybridized carbons (Fsp3) is 0.0714. The van der Waals surface area contributed by atoms with Crippen molar-refractivity contribution in [2.75, 3.05) is 0 Å². The molecule has 0 saturated heterocycles. The predicted molar refractivity (Wildman–Crippen MR) is 74.0 cm³/mol. The molecule has 19 heavy (non-hydrogen) atoms. The van der Waals surface area contributed by atoms with Crippen LogP contribution in [0.2, 0.25) is 10.0 Å². The first-order valence-electron chi connectivity index (χ1n) is 5.54. The molecule has 0 radical (unpaired) electrons. The molecule has 1 amide bonds. The van der Waals surface area contributed by atoms with Crippen molar-refractivity contribution >= 4 is 29.1 Å². The van der Waals surface area contributed by atoms with Crippen LogP contribution >= 0.6 is 23.2 Å². The molecule has 0 atom stereocenters. The molecule has 98 valence electrons. The first-order chi connectivity index (χ1) is 9.06. The smallest absolute Gasteiger partial charge is 0.251 e. The largest absolute Gasteiger partial charge is 0.348 e. The maximum absolute atomic E-state index is 12.7. The van der Waals surface area contributed by atoms with Crippen LogP contribution in [0.4, 0.5) is 4.39 Å². The molecular formula is C14H10Cl2FNO. The van der Waals surface area contributed by atoms with Crippen molar-refractivity contribution in [2.45, 2.75) is 6.54 Å². The van der Waals surface area contributed by atoms with Crippen LogP contribution in [0, 0.1) is 5.82 Å². The molecule has 0 aliphatic carbocycles. The quantitative estimate of drug-likeness (QED) is 0.909. The number of rotatable bonds is 3. The maximum Gasteiger partial charge on any atom is 0.251 e. The number of halogens is 3. The van der Waals surface area contributed by atoms with Crippen LogP contribution in [0.25, 0.3) is 0 Å². The van der Waals surface area contributed by atoms with Gasteiger partial charge in [-0.05, 0) is 42.0 Å². The molecule has 2 rings (SSSR count). The third-order valence-electron chi connectivity index (χ3n) is 2.54. The van der Waals surface area contributed by atoms with E-state index in [0.717, 1.165) is 5.56 Å². The van der Waals surface area contributed by atoms with Crippen molar-refractivity contribution in [3.63, 3.8) is 0 Å². The molecule has 0 unspecified atom stereocenters. The van der Waals surface area contributed by atoms with Gasteiger partial charge in [0.25, 0.3) is 5.91 Å². The van der Waals surface area contributed by atoms with E-state index in [1.165, 1.54) is 24.3 Å². The van der Waals surface area contributed by atoms with Crippen molar-refractivity contribution in [3.05, 3.63) is 69.5 Å². The first kappa shape index (κ1) is 13.8. The van der Waals surface area contributed by atoms with Crippen LogP contribution in [0.5, 0.6) is 0 Å². The zero-order valence-electron chi connectivity index (χ0n) is 9.79. The first-order valence-corrected chi connectivity index (χ1v) is 6.29. The summed E-state index contributed by atoms with van der Waals surface area (Å²) in [6.07, 6.45) is 0. The van der Waals surface area contributed by atoms with Crippen LogP contribution in [0.1, 0.15) is 15.9 Å². The Kier molecular flexibility index (Phi) is 4.40. The highest BCUT2D eigenvalue weighted by Crippen LogP contribution is 2.22. The number of nitrogens with one attached hydrogen (secondary N) is 1. The van der Waals surface area contributed by atoms with E-state index < -0.39 is 0 Å². The molecule has 0 fully saturated rings. The van der Waals surface area contributed by atoms with Crippen LogP contribution in [-0.4, -0.2) is 5.91 Å². The van der Waals surface area contributed by atoms with Gasteiger partial charge in [0.15, 0.2) is 0 Å². The lowest BCUT2D eigenvalue weighted by molar-refractivity contribution is 0.0951. The molecule has 0 aliphatic rings. The fourth-order valence-electron chi connectivity index (χ4n) is 1.54. The summed E-state index contributed by atoms with van der Waals surface area (Å²) in [6, 6.07) is 10.5. The second-order valence-corrected chi connectivity index (χ2v) is 4.75. The maximum atomic E-state index is 12.7. The van der Waals surface area contributed by atoms with Gasteiger partial charge >= 0.3 is 0 Å². The molecule has 1 N–H and O–H groups in total. The summed E-state index contributed by atoms with van der Waals surface area (Å²) in [5.74, 6) is -0.646. The fourth-order valence-corrected chi connectivity index (χ4v) is 1.86. The molecule has 0 bridgehead atoms. The molecule has 0 spiro atoms. The van der Waals surface area contributed by atoms with Crippen LogP contribution in [-0.2, 0) is 6.54 Å². The van der Waals surface area contributed by atoms with E-state index in [-0.39, 0.29) is 11.7 Å². The summed E-state index contributed by atoms with van der Waals surface area (Å²) in [4.78, 5) is 11.8. The number of carbonyl (C=O) groups excluding carboxylic acids is 1. The standard InChI is InChI=1S/C14H10Cl2FNO/c15-12-6-1-9(7-13(12)16)8-18-14(19)10-2-4-11(17)5-3-10/h1-7H,8H2,(H,18,19). The average molecular weight is 298 g/mol. The molecule has 2 aromatic rings. The zero-order chi connectivity index (χ0) is 13.8. The predicted octanol–water partition coefficient (Wildman–Crippen LogP) is 4.06. The van der Waals surface area contributed by atoms with Gasteiger partial charge < -0.3 is 5.32 Å². The average Bonchev–Trinajstić information content (AvgIpc) is 2.40. The van der Waals surface area contributed by atoms with Crippen molar-refractivity contribution in [1.29, 1.82) is 0 Å². The number of hydrogen-bond donors (Lipinski definition) is 1. The van der Waals surface area contributed by atoms with Crippen LogP contribution < -0.4 is 5.32 Å². The minimum atomic E-state index is -0.374. The van der Waals surface area contributed by atoms with Gasteiger partial charge in [0.2, 0.25) is 0 Å². The second-order valence-electron chi connectivity index (χ2n) is 3.94. The summed E-state index contributed by atoms with van der Waals surface area (Å²) in [6.45, 7) is 0.326.